The van der Waals surface area contributed by atoms with Gasteiger partial charge in [0.15, 0.2) is 5.96 Å². The molecule has 0 unspecified atom stereocenters. The lowest BCUT2D eigenvalue weighted by atomic mass is 10.2. The zero-order chi connectivity index (χ0) is 17.9. The van der Waals surface area contributed by atoms with Crippen LogP contribution in [0.1, 0.15) is 38.7 Å². The number of nitrogens with zero attached hydrogens (tertiary/aromatic N) is 2. The molecular weight excluding hydrogens is 324 g/mol. The largest absolute Gasteiger partial charge is 0.357 e. The van der Waals surface area contributed by atoms with E-state index in [0.717, 1.165) is 37.5 Å². The number of benzene rings is 1. The Morgan fingerprint density at radius 2 is 2.08 bits per heavy atom. The van der Waals surface area contributed by atoms with Crippen LogP contribution >= 0.6 is 11.6 Å². The number of guanidine groups is 1. The van der Waals surface area contributed by atoms with Crippen molar-refractivity contribution in [1.82, 2.24) is 10.2 Å². The van der Waals surface area contributed by atoms with Crippen LogP contribution < -0.4 is 10.6 Å². The molecule has 0 aliphatic heterocycles. The van der Waals surface area contributed by atoms with E-state index < -0.39 is 0 Å². The highest BCUT2D eigenvalue weighted by atomic mass is 35.5. The van der Waals surface area contributed by atoms with Crippen LogP contribution in [0.2, 0.25) is 5.02 Å². The topological polar surface area (TPSA) is 56.7 Å². The summed E-state index contributed by atoms with van der Waals surface area (Å²) in [5, 5.41) is 6.64. The first-order valence-corrected chi connectivity index (χ1v) is 8.91. The van der Waals surface area contributed by atoms with E-state index in [1.165, 1.54) is 0 Å². The van der Waals surface area contributed by atoms with E-state index in [2.05, 4.69) is 27.4 Å². The van der Waals surface area contributed by atoms with Crippen LogP contribution in [0.15, 0.2) is 23.2 Å². The lowest BCUT2D eigenvalue weighted by molar-refractivity contribution is -0.116. The molecule has 24 heavy (non-hydrogen) atoms. The maximum absolute atomic E-state index is 12.1. The molecule has 1 aromatic carbocycles. The van der Waals surface area contributed by atoms with Gasteiger partial charge in [0.25, 0.3) is 0 Å². The van der Waals surface area contributed by atoms with Gasteiger partial charge in [-0.25, -0.2) is 0 Å². The summed E-state index contributed by atoms with van der Waals surface area (Å²) < 4.78 is 0. The van der Waals surface area contributed by atoms with E-state index in [9.17, 15) is 4.79 Å². The number of carbonyl (C=O) groups excluding carboxylic acids is 1. The first kappa shape index (κ1) is 20.3. The Bertz CT molecular complexity index is 560. The quantitative estimate of drug-likeness (QED) is 0.554. The predicted molar refractivity (Wildman–Crippen MR) is 103 cm³/mol. The van der Waals surface area contributed by atoms with E-state index in [1.54, 1.807) is 0 Å². The van der Waals surface area contributed by atoms with Crippen LogP contribution in [-0.2, 0) is 4.79 Å². The molecule has 2 N–H and O–H groups in total. The second-order valence-electron chi connectivity index (χ2n) is 5.79. The van der Waals surface area contributed by atoms with Crippen LogP contribution in [0.3, 0.4) is 0 Å². The van der Waals surface area contributed by atoms with Gasteiger partial charge in [0, 0.05) is 26.6 Å². The van der Waals surface area contributed by atoms with E-state index in [1.807, 2.05) is 39.1 Å². The molecule has 1 aromatic rings. The van der Waals surface area contributed by atoms with Gasteiger partial charge in [0.05, 0.1) is 17.3 Å². The Hall–Kier alpha value is -1.75. The lowest BCUT2D eigenvalue weighted by Gasteiger charge is -2.21. The number of hydrogen-bond acceptors (Lipinski definition) is 2. The van der Waals surface area contributed by atoms with Crippen molar-refractivity contribution in [2.24, 2.45) is 4.99 Å². The molecule has 0 aliphatic rings. The third-order valence-corrected chi connectivity index (χ3v) is 3.86. The molecule has 0 aliphatic carbocycles. The number of rotatable bonds is 8. The highest BCUT2D eigenvalue weighted by Crippen LogP contribution is 2.22. The van der Waals surface area contributed by atoms with Gasteiger partial charge >= 0.3 is 0 Å². The molecule has 0 aromatic heterocycles. The van der Waals surface area contributed by atoms with Gasteiger partial charge in [-0.2, -0.15) is 0 Å². The zero-order valence-corrected chi connectivity index (χ0v) is 15.9. The van der Waals surface area contributed by atoms with Crippen molar-refractivity contribution in [3.63, 3.8) is 0 Å². The minimum atomic E-state index is -0.0865. The van der Waals surface area contributed by atoms with Gasteiger partial charge in [0.1, 0.15) is 0 Å². The molecule has 0 fully saturated rings. The van der Waals surface area contributed by atoms with Gasteiger partial charge in [0.2, 0.25) is 5.91 Å². The van der Waals surface area contributed by atoms with Crippen molar-refractivity contribution in [3.05, 3.63) is 28.8 Å². The Labute approximate surface area is 150 Å². The third kappa shape index (κ3) is 7.21. The minimum Gasteiger partial charge on any atom is -0.357 e. The van der Waals surface area contributed by atoms with Crippen molar-refractivity contribution < 1.29 is 4.79 Å². The SMILES string of the molecule is CCCCN(C)C(=NCCC(=O)Nc1ccc(C)cc1Cl)NCC. The van der Waals surface area contributed by atoms with Gasteiger partial charge in [-0.3, -0.25) is 9.79 Å². The Kier molecular flexibility index (Phi) is 9.23. The summed E-state index contributed by atoms with van der Waals surface area (Å²) in [4.78, 5) is 18.7. The van der Waals surface area contributed by atoms with E-state index in [4.69, 9.17) is 11.6 Å². The smallest absolute Gasteiger partial charge is 0.226 e. The number of anilines is 1. The number of halogens is 1. The molecule has 0 heterocycles. The van der Waals surface area contributed by atoms with E-state index in [-0.39, 0.29) is 5.91 Å². The zero-order valence-electron chi connectivity index (χ0n) is 15.2. The molecule has 0 saturated heterocycles. The fourth-order valence-corrected chi connectivity index (χ4v) is 2.45. The molecule has 0 radical (unpaired) electrons. The van der Waals surface area contributed by atoms with Gasteiger partial charge in [-0.1, -0.05) is 31.0 Å². The molecule has 0 bridgehead atoms. The molecule has 0 saturated carbocycles. The number of hydrogen-bond donors (Lipinski definition) is 2. The monoisotopic (exact) mass is 352 g/mol. The van der Waals surface area contributed by atoms with E-state index in [0.29, 0.717) is 23.7 Å². The molecule has 1 rings (SSSR count). The maximum atomic E-state index is 12.1. The first-order valence-electron chi connectivity index (χ1n) is 8.53. The Balaban J connectivity index is 2.53. The highest BCUT2D eigenvalue weighted by molar-refractivity contribution is 6.33. The number of aryl methyl sites for hydroxylation is 1. The number of unbranched alkanes of at least 4 members (excludes halogenated alkanes) is 1. The molecule has 1 amide bonds. The van der Waals surface area contributed by atoms with Crippen LogP contribution in [0.5, 0.6) is 0 Å². The second kappa shape index (κ2) is 10.9. The highest BCUT2D eigenvalue weighted by Gasteiger charge is 2.08. The summed E-state index contributed by atoms with van der Waals surface area (Å²) >= 11 is 6.13. The van der Waals surface area contributed by atoms with Crippen LogP contribution in [0.4, 0.5) is 5.69 Å². The molecule has 0 atom stereocenters. The normalized spacial score (nSPS) is 11.3. The summed E-state index contributed by atoms with van der Waals surface area (Å²) in [6.07, 6.45) is 2.58. The number of carbonyl (C=O) groups is 1. The van der Waals surface area contributed by atoms with Crippen molar-refractivity contribution in [2.45, 2.75) is 40.0 Å². The Morgan fingerprint density at radius 3 is 2.71 bits per heavy atom. The summed E-state index contributed by atoms with van der Waals surface area (Å²) in [7, 11) is 2.02. The average molecular weight is 353 g/mol. The van der Waals surface area contributed by atoms with Crippen LogP contribution in [-0.4, -0.2) is 43.4 Å². The minimum absolute atomic E-state index is 0.0865. The number of amides is 1. The number of nitrogens with one attached hydrogen (secondary N) is 2. The fraction of sp³-hybridized carbons (Fsp3) is 0.556. The van der Waals surface area contributed by atoms with Gasteiger partial charge in [-0.15, -0.1) is 0 Å². The third-order valence-electron chi connectivity index (χ3n) is 3.54. The van der Waals surface area contributed by atoms with Crippen molar-refractivity contribution in [2.75, 3.05) is 32.0 Å². The van der Waals surface area contributed by atoms with Gasteiger partial charge in [-0.05, 0) is 38.0 Å². The summed E-state index contributed by atoms with van der Waals surface area (Å²) in [6.45, 7) is 8.36. The average Bonchev–Trinajstić information content (AvgIpc) is 2.54. The van der Waals surface area contributed by atoms with Crippen molar-refractivity contribution in [1.29, 1.82) is 0 Å². The molecule has 6 heteroatoms. The number of aliphatic imine (C=N–C) groups is 1. The fourth-order valence-electron chi connectivity index (χ4n) is 2.17. The molecular formula is C18H29ClN4O. The molecule has 5 nitrogen and oxygen atoms in total. The van der Waals surface area contributed by atoms with E-state index >= 15 is 0 Å². The lowest BCUT2D eigenvalue weighted by Crippen LogP contribution is -2.39. The van der Waals surface area contributed by atoms with Crippen molar-refractivity contribution >= 4 is 29.2 Å². The summed E-state index contributed by atoms with van der Waals surface area (Å²) in [5.41, 5.74) is 1.70. The predicted octanol–water partition coefficient (Wildman–Crippen LogP) is 3.67. The second-order valence-corrected chi connectivity index (χ2v) is 6.20. The van der Waals surface area contributed by atoms with Crippen LogP contribution in [0, 0.1) is 6.92 Å². The maximum Gasteiger partial charge on any atom is 0.226 e. The molecule has 0 spiro atoms. The summed E-state index contributed by atoms with van der Waals surface area (Å²) in [5.74, 6) is 0.753. The van der Waals surface area contributed by atoms with Gasteiger partial charge < -0.3 is 15.5 Å². The standard InChI is InChI=1S/C18H29ClN4O/c1-5-7-12-23(4)18(20-6-2)21-11-10-17(24)22-16-9-8-14(3)13-15(16)19/h8-9,13H,5-7,10-12H2,1-4H3,(H,20,21)(H,22,24). The molecule has 134 valence electrons. The van der Waals surface area contributed by atoms with Crippen molar-refractivity contribution in [3.8, 4) is 0 Å². The van der Waals surface area contributed by atoms with Crippen LogP contribution in [0.25, 0.3) is 0 Å². The first-order chi connectivity index (χ1) is 11.5. The Morgan fingerprint density at radius 1 is 1.33 bits per heavy atom. The summed E-state index contributed by atoms with van der Waals surface area (Å²) in [6, 6.07) is 5.58.